The number of anilines is 2. The van der Waals surface area contributed by atoms with Gasteiger partial charge in [0.2, 0.25) is 5.95 Å². The van der Waals surface area contributed by atoms with Gasteiger partial charge in [0.1, 0.15) is 10.6 Å². The Morgan fingerprint density at radius 1 is 1.30 bits per heavy atom. The highest BCUT2D eigenvalue weighted by molar-refractivity contribution is 7.18. The fourth-order valence-electron chi connectivity index (χ4n) is 1.98. The summed E-state index contributed by atoms with van der Waals surface area (Å²) >= 11 is 1.67. The van der Waals surface area contributed by atoms with Gasteiger partial charge in [0.15, 0.2) is 0 Å². The molecule has 0 bridgehead atoms. The lowest BCUT2D eigenvalue weighted by Gasteiger charge is -2.08. The van der Waals surface area contributed by atoms with Gasteiger partial charge in [-0.05, 0) is 24.6 Å². The van der Waals surface area contributed by atoms with Crippen molar-refractivity contribution in [2.75, 3.05) is 17.7 Å². The molecule has 3 aromatic heterocycles. The summed E-state index contributed by atoms with van der Waals surface area (Å²) in [6.07, 6.45) is 3.62. The molecular weight excluding hydrogens is 270 g/mol. The van der Waals surface area contributed by atoms with Crippen molar-refractivity contribution in [1.82, 2.24) is 15.0 Å². The summed E-state index contributed by atoms with van der Waals surface area (Å²) in [6.45, 7) is 2.77. The average molecular weight is 285 g/mol. The summed E-state index contributed by atoms with van der Waals surface area (Å²) in [7, 11) is 1.83. The summed E-state index contributed by atoms with van der Waals surface area (Å²) in [4.78, 5) is 15.3. The maximum Gasteiger partial charge on any atom is 0.225 e. The molecule has 5 nitrogen and oxygen atoms in total. The number of pyridine rings is 1. The van der Waals surface area contributed by atoms with Gasteiger partial charge in [-0.2, -0.15) is 4.98 Å². The molecule has 3 rings (SSSR count). The number of hydrogen-bond donors (Lipinski definition) is 2. The van der Waals surface area contributed by atoms with Gasteiger partial charge in [-0.3, -0.25) is 4.98 Å². The van der Waals surface area contributed by atoms with Crippen LogP contribution in [0.2, 0.25) is 0 Å². The van der Waals surface area contributed by atoms with Crippen molar-refractivity contribution in [3.8, 4) is 0 Å². The Kier molecular flexibility index (Phi) is 3.47. The molecule has 0 saturated heterocycles. The molecule has 3 heterocycles. The maximum atomic E-state index is 4.50. The molecular formula is C14H15N5S. The average Bonchev–Trinajstić information content (AvgIpc) is 2.86. The molecule has 0 aliphatic heterocycles. The van der Waals surface area contributed by atoms with Gasteiger partial charge in [0.05, 0.1) is 5.39 Å². The molecule has 0 amide bonds. The third-order valence-corrected chi connectivity index (χ3v) is 3.87. The van der Waals surface area contributed by atoms with E-state index in [0.29, 0.717) is 12.5 Å². The lowest BCUT2D eigenvalue weighted by Crippen LogP contribution is -2.05. The Morgan fingerprint density at radius 2 is 2.20 bits per heavy atom. The largest absolute Gasteiger partial charge is 0.365 e. The van der Waals surface area contributed by atoms with Crippen LogP contribution in [0.15, 0.2) is 30.6 Å². The highest BCUT2D eigenvalue weighted by Gasteiger charge is 2.09. The van der Waals surface area contributed by atoms with Gasteiger partial charge < -0.3 is 10.6 Å². The summed E-state index contributed by atoms with van der Waals surface area (Å²) < 4.78 is 0. The van der Waals surface area contributed by atoms with Gasteiger partial charge in [0.25, 0.3) is 0 Å². The van der Waals surface area contributed by atoms with Crippen LogP contribution in [0.25, 0.3) is 10.2 Å². The molecule has 20 heavy (non-hydrogen) atoms. The summed E-state index contributed by atoms with van der Waals surface area (Å²) in [5.41, 5.74) is 1.12. The fraction of sp³-hybridized carbons (Fsp3) is 0.214. The SMILES string of the molecule is CNc1nc(NCc2cccnc2)c2cc(C)sc2n1. The molecule has 6 heteroatoms. The zero-order valence-corrected chi connectivity index (χ0v) is 12.2. The van der Waals surface area contributed by atoms with E-state index < -0.39 is 0 Å². The monoisotopic (exact) mass is 285 g/mol. The van der Waals surface area contributed by atoms with Crippen molar-refractivity contribution in [3.05, 3.63) is 41.0 Å². The van der Waals surface area contributed by atoms with Gasteiger partial charge in [-0.25, -0.2) is 4.98 Å². The van der Waals surface area contributed by atoms with Crippen LogP contribution in [0.4, 0.5) is 11.8 Å². The minimum absolute atomic E-state index is 0.632. The summed E-state index contributed by atoms with van der Waals surface area (Å²) in [5.74, 6) is 1.49. The van der Waals surface area contributed by atoms with Crippen LogP contribution < -0.4 is 10.6 Å². The molecule has 0 aliphatic rings. The van der Waals surface area contributed by atoms with Crippen molar-refractivity contribution >= 4 is 33.3 Å². The van der Waals surface area contributed by atoms with E-state index in [1.807, 2.05) is 25.4 Å². The van der Waals surface area contributed by atoms with Crippen molar-refractivity contribution in [2.45, 2.75) is 13.5 Å². The van der Waals surface area contributed by atoms with E-state index in [2.05, 4.69) is 38.6 Å². The molecule has 0 saturated carbocycles. The number of thiophene rings is 1. The second-order valence-electron chi connectivity index (χ2n) is 4.44. The minimum Gasteiger partial charge on any atom is -0.365 e. The Bertz CT molecular complexity index is 723. The van der Waals surface area contributed by atoms with Crippen LogP contribution in [0, 0.1) is 6.92 Å². The van der Waals surface area contributed by atoms with Crippen LogP contribution >= 0.6 is 11.3 Å². The molecule has 0 aromatic carbocycles. The van der Waals surface area contributed by atoms with Gasteiger partial charge in [-0.15, -0.1) is 11.3 Å². The van der Waals surface area contributed by atoms with Crippen molar-refractivity contribution in [1.29, 1.82) is 0 Å². The first-order chi connectivity index (χ1) is 9.76. The summed E-state index contributed by atoms with van der Waals surface area (Å²) in [5, 5.41) is 7.43. The zero-order valence-electron chi connectivity index (χ0n) is 11.3. The van der Waals surface area contributed by atoms with E-state index >= 15 is 0 Å². The number of rotatable bonds is 4. The molecule has 0 fully saturated rings. The van der Waals surface area contributed by atoms with Crippen LogP contribution in [-0.2, 0) is 6.54 Å². The summed E-state index contributed by atoms with van der Waals surface area (Å²) in [6, 6.07) is 6.08. The molecule has 3 aromatic rings. The number of fused-ring (bicyclic) bond motifs is 1. The quantitative estimate of drug-likeness (QED) is 0.771. The molecule has 0 spiro atoms. The Morgan fingerprint density at radius 3 is 2.95 bits per heavy atom. The zero-order chi connectivity index (χ0) is 13.9. The minimum atomic E-state index is 0.632. The van der Waals surface area contributed by atoms with E-state index in [1.165, 1.54) is 4.88 Å². The molecule has 0 unspecified atom stereocenters. The molecule has 102 valence electrons. The van der Waals surface area contributed by atoms with Crippen molar-refractivity contribution in [3.63, 3.8) is 0 Å². The van der Waals surface area contributed by atoms with Crippen LogP contribution in [0.1, 0.15) is 10.4 Å². The standard InChI is InChI=1S/C14H15N5S/c1-9-6-11-12(17-8-10-4-3-5-16-7-10)18-14(15-2)19-13(11)20-9/h3-7H,8H2,1-2H3,(H2,15,17,18,19). The van der Waals surface area contributed by atoms with E-state index in [-0.39, 0.29) is 0 Å². The highest BCUT2D eigenvalue weighted by Crippen LogP contribution is 2.29. The van der Waals surface area contributed by atoms with E-state index in [1.54, 1.807) is 17.5 Å². The number of nitrogens with one attached hydrogen (secondary N) is 2. The first-order valence-electron chi connectivity index (χ1n) is 6.35. The highest BCUT2D eigenvalue weighted by atomic mass is 32.1. The van der Waals surface area contributed by atoms with Crippen molar-refractivity contribution in [2.24, 2.45) is 0 Å². The topological polar surface area (TPSA) is 62.7 Å². The third-order valence-electron chi connectivity index (χ3n) is 2.92. The maximum absolute atomic E-state index is 4.50. The normalized spacial score (nSPS) is 10.7. The molecule has 0 atom stereocenters. The van der Waals surface area contributed by atoms with Crippen LogP contribution in [0.3, 0.4) is 0 Å². The second-order valence-corrected chi connectivity index (χ2v) is 5.67. The number of nitrogens with zero attached hydrogens (tertiary/aromatic N) is 3. The Hall–Kier alpha value is -2.21. The molecule has 2 N–H and O–H groups in total. The second kappa shape index (κ2) is 5.42. The van der Waals surface area contributed by atoms with Gasteiger partial charge in [0, 0.05) is 30.9 Å². The number of hydrogen-bond acceptors (Lipinski definition) is 6. The Balaban J connectivity index is 1.93. The molecule has 0 radical (unpaired) electrons. The third kappa shape index (κ3) is 2.55. The Labute approximate surface area is 121 Å². The number of aryl methyl sites for hydroxylation is 1. The first-order valence-corrected chi connectivity index (χ1v) is 7.16. The van der Waals surface area contributed by atoms with E-state index in [0.717, 1.165) is 21.6 Å². The molecule has 0 aliphatic carbocycles. The fourth-order valence-corrected chi connectivity index (χ4v) is 2.86. The lowest BCUT2D eigenvalue weighted by molar-refractivity contribution is 1.08. The van der Waals surface area contributed by atoms with Gasteiger partial charge in [-0.1, -0.05) is 6.07 Å². The van der Waals surface area contributed by atoms with Crippen LogP contribution in [-0.4, -0.2) is 22.0 Å². The first kappa shape index (κ1) is 12.8. The number of aromatic nitrogens is 3. The van der Waals surface area contributed by atoms with E-state index in [4.69, 9.17) is 0 Å². The van der Waals surface area contributed by atoms with Crippen LogP contribution in [0.5, 0.6) is 0 Å². The predicted octanol–water partition coefficient (Wildman–Crippen LogP) is 3.05. The smallest absolute Gasteiger partial charge is 0.225 e. The van der Waals surface area contributed by atoms with Gasteiger partial charge >= 0.3 is 0 Å². The predicted molar refractivity (Wildman–Crippen MR) is 83.3 cm³/mol. The lowest BCUT2D eigenvalue weighted by atomic mass is 10.3. The van der Waals surface area contributed by atoms with Crippen molar-refractivity contribution < 1.29 is 0 Å². The van der Waals surface area contributed by atoms with E-state index in [9.17, 15) is 0 Å².